The van der Waals surface area contributed by atoms with E-state index in [1.165, 1.54) is 18.0 Å². The standard InChI is InChI=1S/C12H16N6O2S/c1-7-5-14-9(8(2)11(7)18(19)20)6-21-12-16-15-10(4-13)17(12)3/h5H,4,6,13H2,1-3H3. The number of rotatable bonds is 5. The molecule has 0 amide bonds. The second kappa shape index (κ2) is 6.19. The van der Waals surface area contributed by atoms with Gasteiger partial charge >= 0.3 is 0 Å². The van der Waals surface area contributed by atoms with E-state index in [2.05, 4.69) is 15.2 Å². The van der Waals surface area contributed by atoms with Gasteiger partial charge in [-0.2, -0.15) is 0 Å². The first-order chi connectivity index (χ1) is 9.95. The van der Waals surface area contributed by atoms with Crippen LogP contribution in [-0.2, 0) is 19.3 Å². The lowest BCUT2D eigenvalue weighted by atomic mass is 10.1. The van der Waals surface area contributed by atoms with E-state index < -0.39 is 0 Å². The summed E-state index contributed by atoms with van der Waals surface area (Å²) in [5, 5.41) is 19.8. The maximum Gasteiger partial charge on any atom is 0.278 e. The van der Waals surface area contributed by atoms with Gasteiger partial charge in [-0.15, -0.1) is 10.2 Å². The molecule has 2 N–H and O–H groups in total. The Bertz CT molecular complexity index is 685. The van der Waals surface area contributed by atoms with Crippen LogP contribution < -0.4 is 5.73 Å². The molecule has 0 saturated carbocycles. The van der Waals surface area contributed by atoms with Crippen LogP contribution >= 0.6 is 11.8 Å². The van der Waals surface area contributed by atoms with Crippen molar-refractivity contribution >= 4 is 17.4 Å². The van der Waals surface area contributed by atoms with Gasteiger partial charge in [0.15, 0.2) is 5.16 Å². The molecule has 8 nitrogen and oxygen atoms in total. The van der Waals surface area contributed by atoms with E-state index in [-0.39, 0.29) is 10.6 Å². The summed E-state index contributed by atoms with van der Waals surface area (Å²) < 4.78 is 1.81. The van der Waals surface area contributed by atoms with Gasteiger partial charge in [0.05, 0.1) is 17.2 Å². The first kappa shape index (κ1) is 15.4. The topological polar surface area (TPSA) is 113 Å². The smallest absolute Gasteiger partial charge is 0.278 e. The summed E-state index contributed by atoms with van der Waals surface area (Å²) in [5.74, 6) is 1.18. The van der Waals surface area contributed by atoms with Gasteiger partial charge in [-0.3, -0.25) is 15.1 Å². The third kappa shape index (κ3) is 3.03. The fraction of sp³-hybridized carbons (Fsp3) is 0.417. The Morgan fingerprint density at radius 3 is 2.71 bits per heavy atom. The molecule has 2 aromatic heterocycles. The SMILES string of the molecule is Cc1cnc(CSc2nnc(CN)n2C)c(C)c1[N+](=O)[O-]. The summed E-state index contributed by atoms with van der Waals surface area (Å²) >= 11 is 1.43. The zero-order valence-electron chi connectivity index (χ0n) is 12.0. The number of thioether (sulfide) groups is 1. The van der Waals surface area contributed by atoms with Crippen molar-refractivity contribution in [2.75, 3.05) is 0 Å². The van der Waals surface area contributed by atoms with Gasteiger partial charge in [0, 0.05) is 30.1 Å². The zero-order chi connectivity index (χ0) is 15.6. The second-order valence-corrected chi connectivity index (χ2v) is 5.51. The molecule has 9 heteroatoms. The van der Waals surface area contributed by atoms with E-state index in [1.807, 2.05) is 11.6 Å². The Morgan fingerprint density at radius 2 is 2.14 bits per heavy atom. The Hall–Kier alpha value is -2.00. The van der Waals surface area contributed by atoms with Crippen LogP contribution in [0.3, 0.4) is 0 Å². The molecule has 21 heavy (non-hydrogen) atoms. The number of aromatic nitrogens is 4. The number of aryl methyl sites for hydroxylation is 1. The molecule has 0 fully saturated rings. The zero-order valence-corrected chi connectivity index (χ0v) is 12.8. The predicted molar refractivity (Wildman–Crippen MR) is 78.8 cm³/mol. The van der Waals surface area contributed by atoms with E-state index in [4.69, 9.17) is 5.73 Å². The molecule has 2 rings (SSSR count). The van der Waals surface area contributed by atoms with Gasteiger partial charge in [0.25, 0.3) is 5.69 Å². The molecule has 2 aromatic rings. The fourth-order valence-electron chi connectivity index (χ4n) is 1.97. The van der Waals surface area contributed by atoms with Crippen LogP contribution in [-0.4, -0.2) is 24.7 Å². The van der Waals surface area contributed by atoms with Crippen molar-refractivity contribution in [1.29, 1.82) is 0 Å². The highest BCUT2D eigenvalue weighted by Gasteiger charge is 2.19. The molecule has 0 atom stereocenters. The molecule has 2 heterocycles. The third-order valence-corrected chi connectivity index (χ3v) is 4.24. The number of hydrogen-bond donors (Lipinski definition) is 1. The quantitative estimate of drug-likeness (QED) is 0.505. The largest absolute Gasteiger partial charge is 0.324 e. The molecule has 112 valence electrons. The molecular formula is C12H16N6O2S. The van der Waals surface area contributed by atoms with Crippen molar-refractivity contribution in [2.24, 2.45) is 12.8 Å². The van der Waals surface area contributed by atoms with Gasteiger partial charge in [-0.25, -0.2) is 0 Å². The van der Waals surface area contributed by atoms with Crippen LogP contribution in [0.25, 0.3) is 0 Å². The molecule has 0 saturated heterocycles. The van der Waals surface area contributed by atoms with E-state index in [9.17, 15) is 10.1 Å². The fourth-order valence-corrected chi connectivity index (χ4v) is 2.93. The van der Waals surface area contributed by atoms with E-state index in [1.54, 1.807) is 13.8 Å². The van der Waals surface area contributed by atoms with E-state index in [0.29, 0.717) is 40.1 Å². The number of pyridine rings is 1. The maximum atomic E-state index is 11.1. The first-order valence-corrected chi connectivity index (χ1v) is 7.24. The molecule has 0 radical (unpaired) electrons. The molecular weight excluding hydrogens is 292 g/mol. The van der Waals surface area contributed by atoms with Crippen molar-refractivity contribution in [3.8, 4) is 0 Å². The maximum absolute atomic E-state index is 11.1. The minimum atomic E-state index is -0.366. The highest BCUT2D eigenvalue weighted by molar-refractivity contribution is 7.98. The molecule has 0 spiro atoms. The number of hydrogen-bond acceptors (Lipinski definition) is 7. The Kier molecular flexibility index (Phi) is 4.53. The van der Waals surface area contributed by atoms with Crippen LogP contribution in [0, 0.1) is 24.0 Å². The van der Waals surface area contributed by atoms with Crippen molar-refractivity contribution in [3.63, 3.8) is 0 Å². The van der Waals surface area contributed by atoms with Crippen molar-refractivity contribution in [1.82, 2.24) is 19.7 Å². The average molecular weight is 308 g/mol. The summed E-state index contributed by atoms with van der Waals surface area (Å²) in [5.41, 5.74) is 7.50. The summed E-state index contributed by atoms with van der Waals surface area (Å²) in [6.07, 6.45) is 1.53. The Balaban J connectivity index is 2.22. The number of nitrogens with two attached hydrogens (primary N) is 1. The summed E-state index contributed by atoms with van der Waals surface area (Å²) in [6, 6.07) is 0. The lowest BCUT2D eigenvalue weighted by Gasteiger charge is -2.07. The summed E-state index contributed by atoms with van der Waals surface area (Å²) in [4.78, 5) is 15.0. The van der Waals surface area contributed by atoms with Crippen LogP contribution in [0.15, 0.2) is 11.4 Å². The molecule has 0 aliphatic rings. The number of nitrogens with zero attached hydrogens (tertiary/aromatic N) is 5. The normalized spacial score (nSPS) is 10.9. The lowest BCUT2D eigenvalue weighted by Crippen LogP contribution is -2.05. The number of nitro groups is 1. The van der Waals surface area contributed by atoms with Gasteiger partial charge in [0.2, 0.25) is 0 Å². The molecule has 0 aliphatic carbocycles. The third-order valence-electron chi connectivity index (χ3n) is 3.20. The van der Waals surface area contributed by atoms with Gasteiger partial charge in [0.1, 0.15) is 5.82 Å². The molecule has 0 bridgehead atoms. The van der Waals surface area contributed by atoms with Crippen molar-refractivity contribution in [3.05, 3.63) is 39.0 Å². The highest BCUT2D eigenvalue weighted by atomic mass is 32.2. The predicted octanol–water partition coefficient (Wildman–Crippen LogP) is 1.49. The van der Waals surface area contributed by atoms with Crippen molar-refractivity contribution < 1.29 is 4.92 Å². The minimum Gasteiger partial charge on any atom is -0.324 e. The van der Waals surface area contributed by atoms with Gasteiger partial charge < -0.3 is 10.3 Å². The summed E-state index contributed by atoms with van der Waals surface area (Å²) in [7, 11) is 1.84. The Labute approximate surface area is 125 Å². The van der Waals surface area contributed by atoms with Gasteiger partial charge in [-0.1, -0.05) is 11.8 Å². The van der Waals surface area contributed by atoms with Crippen LogP contribution in [0.5, 0.6) is 0 Å². The molecule has 0 unspecified atom stereocenters. The van der Waals surface area contributed by atoms with Crippen molar-refractivity contribution in [2.45, 2.75) is 31.3 Å². The van der Waals surface area contributed by atoms with E-state index >= 15 is 0 Å². The van der Waals surface area contributed by atoms with E-state index in [0.717, 1.165) is 0 Å². The van der Waals surface area contributed by atoms with Gasteiger partial charge in [-0.05, 0) is 13.8 Å². The highest BCUT2D eigenvalue weighted by Crippen LogP contribution is 2.28. The molecule has 0 aromatic carbocycles. The first-order valence-electron chi connectivity index (χ1n) is 6.26. The van der Waals surface area contributed by atoms with Crippen LogP contribution in [0.4, 0.5) is 5.69 Å². The second-order valence-electron chi connectivity index (χ2n) is 4.57. The van der Waals surface area contributed by atoms with Crippen LogP contribution in [0.1, 0.15) is 22.6 Å². The lowest BCUT2D eigenvalue weighted by molar-refractivity contribution is -0.386. The Morgan fingerprint density at radius 1 is 1.43 bits per heavy atom. The van der Waals surface area contributed by atoms with Crippen LogP contribution in [0.2, 0.25) is 0 Å². The summed E-state index contributed by atoms with van der Waals surface area (Å²) in [6.45, 7) is 3.72. The average Bonchev–Trinajstić information content (AvgIpc) is 2.78. The minimum absolute atomic E-state index is 0.126. The molecule has 0 aliphatic heterocycles. The monoisotopic (exact) mass is 308 g/mol.